The van der Waals surface area contributed by atoms with Crippen molar-refractivity contribution >= 4 is 0 Å². The topological polar surface area (TPSA) is 20.2 Å². The summed E-state index contributed by atoms with van der Waals surface area (Å²) in [6.07, 6.45) is 6.39. The monoisotopic (exact) mass is 198 g/mol. The van der Waals surface area contributed by atoms with Crippen molar-refractivity contribution in [2.24, 2.45) is 17.8 Å². The van der Waals surface area contributed by atoms with Gasteiger partial charge in [-0.25, -0.2) is 0 Å². The van der Waals surface area contributed by atoms with Gasteiger partial charge in [0.2, 0.25) is 0 Å². The quantitative estimate of drug-likeness (QED) is 0.734. The number of aliphatic hydroxyl groups is 1. The van der Waals surface area contributed by atoms with Gasteiger partial charge in [0.1, 0.15) is 0 Å². The molecule has 1 fully saturated rings. The Kier molecular flexibility index (Phi) is 4.00. The van der Waals surface area contributed by atoms with Crippen LogP contribution in [0.5, 0.6) is 0 Å². The van der Waals surface area contributed by atoms with E-state index >= 15 is 0 Å². The molecule has 14 heavy (non-hydrogen) atoms. The smallest absolute Gasteiger partial charge is 0.0645 e. The minimum Gasteiger partial charge on any atom is -0.390 e. The highest BCUT2D eigenvalue weighted by atomic mass is 16.3. The lowest BCUT2D eigenvalue weighted by Crippen LogP contribution is -2.34. The number of rotatable bonds is 3. The third-order valence-corrected chi connectivity index (χ3v) is 3.99. The largest absolute Gasteiger partial charge is 0.390 e. The van der Waals surface area contributed by atoms with Gasteiger partial charge in [0.15, 0.2) is 0 Å². The maximum atomic E-state index is 10.2. The molecular weight excluding hydrogens is 172 g/mol. The summed E-state index contributed by atoms with van der Waals surface area (Å²) in [7, 11) is 0. The molecule has 0 saturated heterocycles. The highest BCUT2D eigenvalue weighted by Gasteiger charge is 2.30. The number of hydrogen-bond acceptors (Lipinski definition) is 1. The summed E-state index contributed by atoms with van der Waals surface area (Å²) in [5.41, 5.74) is -0.457. The Hall–Kier alpha value is -0.0400. The minimum absolute atomic E-state index is 0.375. The summed E-state index contributed by atoms with van der Waals surface area (Å²) >= 11 is 0. The van der Waals surface area contributed by atoms with Crippen molar-refractivity contribution in [3.05, 3.63) is 0 Å². The van der Waals surface area contributed by atoms with E-state index in [0.717, 1.165) is 18.3 Å². The van der Waals surface area contributed by atoms with Gasteiger partial charge in [-0.15, -0.1) is 0 Å². The highest BCUT2D eigenvalue weighted by molar-refractivity contribution is 4.82. The first kappa shape index (κ1) is 12.0. The first-order valence-electron chi connectivity index (χ1n) is 6.14. The van der Waals surface area contributed by atoms with Crippen molar-refractivity contribution in [2.75, 3.05) is 0 Å². The third-order valence-electron chi connectivity index (χ3n) is 3.99. The van der Waals surface area contributed by atoms with Gasteiger partial charge in [0.05, 0.1) is 5.60 Å². The summed E-state index contributed by atoms with van der Waals surface area (Å²) in [4.78, 5) is 0. The van der Waals surface area contributed by atoms with E-state index in [2.05, 4.69) is 20.8 Å². The Morgan fingerprint density at radius 2 is 2.00 bits per heavy atom. The van der Waals surface area contributed by atoms with Crippen molar-refractivity contribution in [1.82, 2.24) is 0 Å². The fraction of sp³-hybridized carbons (Fsp3) is 1.00. The molecule has 0 aromatic heterocycles. The van der Waals surface area contributed by atoms with Crippen LogP contribution in [0.15, 0.2) is 0 Å². The van der Waals surface area contributed by atoms with E-state index in [1.54, 1.807) is 0 Å². The molecule has 1 heteroatoms. The van der Waals surface area contributed by atoms with Gasteiger partial charge in [-0.1, -0.05) is 40.0 Å². The van der Waals surface area contributed by atoms with Crippen LogP contribution in [0, 0.1) is 17.8 Å². The van der Waals surface area contributed by atoms with Crippen LogP contribution in [-0.4, -0.2) is 10.7 Å². The standard InChI is InChI=1S/C13H26O/c1-10(2)13(4,14)9-12-7-5-6-11(3)8-12/h10-12,14H,5-9H2,1-4H3. The first-order valence-corrected chi connectivity index (χ1v) is 6.14. The third kappa shape index (κ3) is 3.27. The number of hydrogen-bond donors (Lipinski definition) is 1. The molecule has 3 atom stereocenters. The van der Waals surface area contributed by atoms with E-state index in [1.807, 2.05) is 6.92 Å². The zero-order chi connectivity index (χ0) is 10.8. The molecule has 0 spiro atoms. The SMILES string of the molecule is CC1CCCC(CC(C)(O)C(C)C)C1. The average Bonchev–Trinajstić information content (AvgIpc) is 2.02. The molecule has 0 heterocycles. The van der Waals surface area contributed by atoms with E-state index in [4.69, 9.17) is 0 Å². The molecule has 1 saturated carbocycles. The molecule has 0 bridgehead atoms. The van der Waals surface area contributed by atoms with Crippen molar-refractivity contribution in [3.8, 4) is 0 Å². The summed E-state index contributed by atoms with van der Waals surface area (Å²) in [6, 6.07) is 0. The van der Waals surface area contributed by atoms with Crippen molar-refractivity contribution in [1.29, 1.82) is 0 Å². The molecule has 0 aromatic rings. The van der Waals surface area contributed by atoms with Gasteiger partial charge in [-0.05, 0) is 37.5 Å². The molecule has 0 aromatic carbocycles. The predicted octanol–water partition coefficient (Wildman–Crippen LogP) is 3.61. The molecule has 84 valence electrons. The van der Waals surface area contributed by atoms with E-state index in [-0.39, 0.29) is 0 Å². The maximum absolute atomic E-state index is 10.2. The van der Waals surface area contributed by atoms with Gasteiger partial charge in [0, 0.05) is 0 Å². The van der Waals surface area contributed by atoms with Crippen molar-refractivity contribution in [2.45, 2.75) is 65.4 Å². The molecule has 0 amide bonds. The lowest BCUT2D eigenvalue weighted by atomic mass is 9.74. The van der Waals surface area contributed by atoms with E-state index in [1.165, 1.54) is 25.7 Å². The molecule has 3 unspecified atom stereocenters. The van der Waals surface area contributed by atoms with Crippen molar-refractivity contribution in [3.63, 3.8) is 0 Å². The lowest BCUT2D eigenvalue weighted by Gasteiger charge is -2.35. The van der Waals surface area contributed by atoms with Gasteiger partial charge >= 0.3 is 0 Å². The summed E-state index contributed by atoms with van der Waals surface area (Å²) < 4.78 is 0. The molecule has 1 rings (SSSR count). The van der Waals surface area contributed by atoms with Crippen LogP contribution in [0.4, 0.5) is 0 Å². The Bertz CT molecular complexity index is 172. The molecule has 1 N–H and O–H groups in total. The summed E-state index contributed by atoms with van der Waals surface area (Å²) in [6.45, 7) is 8.58. The maximum Gasteiger partial charge on any atom is 0.0645 e. The van der Waals surface area contributed by atoms with Gasteiger partial charge in [-0.2, -0.15) is 0 Å². The average molecular weight is 198 g/mol. The second-order valence-corrected chi connectivity index (χ2v) is 5.85. The molecule has 0 aliphatic heterocycles. The van der Waals surface area contributed by atoms with Crippen molar-refractivity contribution < 1.29 is 5.11 Å². The van der Waals surface area contributed by atoms with Crippen LogP contribution in [0.2, 0.25) is 0 Å². The summed E-state index contributed by atoms with van der Waals surface area (Å²) in [5.74, 6) is 2.01. The fourth-order valence-electron chi connectivity index (χ4n) is 2.57. The lowest BCUT2D eigenvalue weighted by molar-refractivity contribution is -0.0162. The van der Waals surface area contributed by atoms with Crippen LogP contribution in [0.3, 0.4) is 0 Å². The minimum atomic E-state index is -0.457. The Morgan fingerprint density at radius 1 is 1.36 bits per heavy atom. The molecule has 1 nitrogen and oxygen atoms in total. The Balaban J connectivity index is 2.43. The molecule has 0 radical (unpaired) electrons. The Labute approximate surface area is 88.9 Å². The zero-order valence-corrected chi connectivity index (χ0v) is 10.2. The van der Waals surface area contributed by atoms with E-state index in [0.29, 0.717) is 5.92 Å². The van der Waals surface area contributed by atoms with Crippen LogP contribution in [0.1, 0.15) is 59.8 Å². The van der Waals surface area contributed by atoms with E-state index < -0.39 is 5.60 Å². The predicted molar refractivity (Wildman–Crippen MR) is 61.2 cm³/mol. The second-order valence-electron chi connectivity index (χ2n) is 5.85. The second kappa shape index (κ2) is 4.65. The van der Waals surface area contributed by atoms with Crippen LogP contribution < -0.4 is 0 Å². The summed E-state index contributed by atoms with van der Waals surface area (Å²) in [5, 5.41) is 10.2. The van der Waals surface area contributed by atoms with Gasteiger partial charge < -0.3 is 5.11 Å². The molecule has 1 aliphatic rings. The van der Waals surface area contributed by atoms with Gasteiger partial charge in [0.25, 0.3) is 0 Å². The Morgan fingerprint density at radius 3 is 2.50 bits per heavy atom. The van der Waals surface area contributed by atoms with Crippen LogP contribution in [-0.2, 0) is 0 Å². The van der Waals surface area contributed by atoms with Crippen LogP contribution in [0.25, 0.3) is 0 Å². The molecule has 1 aliphatic carbocycles. The van der Waals surface area contributed by atoms with E-state index in [9.17, 15) is 5.11 Å². The fourth-order valence-corrected chi connectivity index (χ4v) is 2.57. The normalized spacial score (nSPS) is 33.0. The first-order chi connectivity index (χ1) is 6.42. The zero-order valence-electron chi connectivity index (χ0n) is 10.2. The van der Waals surface area contributed by atoms with Crippen LogP contribution >= 0.6 is 0 Å². The molecular formula is C13H26O. The highest BCUT2D eigenvalue weighted by Crippen LogP contribution is 2.35. The van der Waals surface area contributed by atoms with Gasteiger partial charge in [-0.3, -0.25) is 0 Å².